The minimum absolute atomic E-state index is 0.946. The van der Waals surface area contributed by atoms with E-state index in [1.807, 2.05) is 0 Å². The molecule has 0 aromatic rings. The number of hydrogen-bond donors (Lipinski definition) is 0. The molecule has 1 saturated heterocycles. The fourth-order valence-electron chi connectivity index (χ4n) is 2.47. The lowest BCUT2D eigenvalue weighted by Crippen LogP contribution is -2.38. The first kappa shape index (κ1) is 14.7. The third kappa shape index (κ3) is 5.82. The first-order valence-electron chi connectivity index (χ1n) is 6.73. The Bertz CT molecular complexity index is 167. The first-order valence-corrected chi connectivity index (χ1v) is 8.25. The summed E-state index contributed by atoms with van der Waals surface area (Å²) >= 11 is 2.45. The maximum atomic E-state index is 2.66. The average Bonchev–Trinajstić information content (AvgIpc) is 2.31. The van der Waals surface area contributed by atoms with Gasteiger partial charge in [-0.2, -0.15) is 0 Å². The van der Waals surface area contributed by atoms with Crippen molar-refractivity contribution in [3.05, 3.63) is 0 Å². The highest BCUT2D eigenvalue weighted by molar-refractivity contribution is 14.1. The number of nitrogens with zero attached hydrogens (tertiary/aromatic N) is 2. The van der Waals surface area contributed by atoms with Crippen LogP contribution in [0.2, 0.25) is 0 Å². The van der Waals surface area contributed by atoms with E-state index in [1.165, 1.54) is 58.3 Å². The van der Waals surface area contributed by atoms with E-state index in [2.05, 4.69) is 46.4 Å². The molecule has 16 heavy (non-hydrogen) atoms. The van der Waals surface area contributed by atoms with Crippen molar-refractivity contribution in [1.82, 2.24) is 9.80 Å². The lowest BCUT2D eigenvalue weighted by atomic mass is 9.96. The smallest absolute Gasteiger partial charge is 0.0502 e. The molecular formula is C13H27IN2. The van der Waals surface area contributed by atoms with Gasteiger partial charge in [-0.15, -0.1) is 0 Å². The zero-order chi connectivity index (χ0) is 11.8. The number of alkyl halides is 1. The number of unbranched alkanes of at least 4 members (excludes halogenated alkanes) is 2. The highest BCUT2D eigenvalue weighted by Gasteiger charge is 2.19. The average molecular weight is 338 g/mol. The van der Waals surface area contributed by atoms with Gasteiger partial charge in [0.05, 0.1) is 4.55 Å². The van der Waals surface area contributed by atoms with Crippen molar-refractivity contribution < 1.29 is 0 Å². The summed E-state index contributed by atoms with van der Waals surface area (Å²) in [6.07, 6.45) is 6.96. The monoisotopic (exact) mass is 338 g/mol. The summed E-state index contributed by atoms with van der Waals surface area (Å²) in [5.74, 6) is 0.946. The summed E-state index contributed by atoms with van der Waals surface area (Å²) in [4.78, 5) is 5.11. The number of hydrogen-bond acceptors (Lipinski definition) is 2. The molecule has 0 radical (unpaired) electrons. The minimum Gasteiger partial charge on any atom is -0.303 e. The largest absolute Gasteiger partial charge is 0.303 e. The van der Waals surface area contributed by atoms with E-state index >= 15 is 0 Å². The molecule has 0 N–H and O–H groups in total. The summed E-state index contributed by atoms with van der Waals surface area (Å²) in [6.45, 7) is 7.59. The Labute approximate surface area is 115 Å². The van der Waals surface area contributed by atoms with Gasteiger partial charge in [-0.25, -0.2) is 0 Å². The molecule has 96 valence electrons. The molecular weight excluding hydrogens is 311 g/mol. The number of likely N-dealkylation sites (tertiary alicyclic amines) is 1. The Morgan fingerprint density at radius 1 is 1.25 bits per heavy atom. The van der Waals surface area contributed by atoms with Crippen LogP contribution in [0.3, 0.4) is 0 Å². The van der Waals surface area contributed by atoms with Gasteiger partial charge in [0.1, 0.15) is 0 Å². The van der Waals surface area contributed by atoms with E-state index in [-0.39, 0.29) is 0 Å². The van der Waals surface area contributed by atoms with Crippen LogP contribution in [0.1, 0.15) is 39.0 Å². The van der Waals surface area contributed by atoms with Crippen LogP contribution in [0.15, 0.2) is 0 Å². The van der Waals surface area contributed by atoms with Gasteiger partial charge in [0, 0.05) is 6.54 Å². The third-order valence-corrected chi connectivity index (χ3v) is 4.72. The van der Waals surface area contributed by atoms with Gasteiger partial charge in [-0.1, -0.05) is 42.4 Å². The molecule has 0 aromatic heterocycles. The van der Waals surface area contributed by atoms with Crippen LogP contribution in [0.5, 0.6) is 0 Å². The first-order chi connectivity index (χ1) is 7.76. The Morgan fingerprint density at radius 3 is 2.50 bits per heavy atom. The Kier molecular flexibility index (Phi) is 8.00. The topological polar surface area (TPSA) is 6.48 Å². The van der Waals surface area contributed by atoms with Crippen molar-refractivity contribution in [2.75, 3.05) is 37.8 Å². The Hall–Kier alpha value is 0.650. The Balaban J connectivity index is 2.08. The quantitative estimate of drug-likeness (QED) is 0.304. The summed E-state index contributed by atoms with van der Waals surface area (Å²) in [6, 6.07) is 0. The second kappa shape index (κ2) is 8.70. The zero-order valence-electron chi connectivity index (χ0n) is 10.9. The predicted octanol–water partition coefficient (Wildman–Crippen LogP) is 3.21. The van der Waals surface area contributed by atoms with Crippen LogP contribution in [0.4, 0.5) is 0 Å². The van der Waals surface area contributed by atoms with E-state index in [0.29, 0.717) is 0 Å². The highest BCUT2D eigenvalue weighted by atomic mass is 127. The molecule has 0 saturated carbocycles. The summed E-state index contributed by atoms with van der Waals surface area (Å²) < 4.78 is 1.16. The van der Waals surface area contributed by atoms with E-state index in [0.717, 1.165) is 10.5 Å². The summed E-state index contributed by atoms with van der Waals surface area (Å²) in [5, 5.41) is 0. The summed E-state index contributed by atoms with van der Waals surface area (Å²) in [5.41, 5.74) is 0. The molecule has 1 fully saturated rings. The van der Waals surface area contributed by atoms with Crippen molar-refractivity contribution in [2.45, 2.75) is 39.0 Å². The SMILES string of the molecule is CCCCCN1CCC(CN(C)CI)CC1. The van der Waals surface area contributed by atoms with Crippen molar-refractivity contribution >= 4 is 22.6 Å². The molecule has 1 rings (SSSR count). The van der Waals surface area contributed by atoms with Crippen LogP contribution in [-0.2, 0) is 0 Å². The van der Waals surface area contributed by atoms with Crippen molar-refractivity contribution in [3.8, 4) is 0 Å². The maximum Gasteiger partial charge on any atom is 0.0502 e. The van der Waals surface area contributed by atoms with Gasteiger partial charge in [-0.05, 0) is 51.9 Å². The second-order valence-electron chi connectivity index (χ2n) is 5.15. The van der Waals surface area contributed by atoms with E-state index in [1.54, 1.807) is 0 Å². The van der Waals surface area contributed by atoms with E-state index in [9.17, 15) is 0 Å². The van der Waals surface area contributed by atoms with Gasteiger partial charge in [0.15, 0.2) is 0 Å². The van der Waals surface area contributed by atoms with Gasteiger partial charge in [0.2, 0.25) is 0 Å². The van der Waals surface area contributed by atoms with Crippen LogP contribution >= 0.6 is 22.6 Å². The van der Waals surface area contributed by atoms with Gasteiger partial charge < -0.3 is 4.90 Å². The summed E-state index contributed by atoms with van der Waals surface area (Å²) in [7, 11) is 2.24. The van der Waals surface area contributed by atoms with Gasteiger partial charge in [-0.3, -0.25) is 4.90 Å². The van der Waals surface area contributed by atoms with E-state index < -0.39 is 0 Å². The second-order valence-corrected chi connectivity index (χ2v) is 5.83. The fraction of sp³-hybridized carbons (Fsp3) is 1.00. The maximum absolute atomic E-state index is 2.66. The van der Waals surface area contributed by atoms with Gasteiger partial charge in [0.25, 0.3) is 0 Å². The molecule has 1 aliphatic heterocycles. The molecule has 1 aliphatic rings. The van der Waals surface area contributed by atoms with Crippen LogP contribution in [0, 0.1) is 5.92 Å². The number of piperidine rings is 1. The molecule has 1 heterocycles. The van der Waals surface area contributed by atoms with Crippen molar-refractivity contribution in [3.63, 3.8) is 0 Å². The molecule has 0 amide bonds. The van der Waals surface area contributed by atoms with E-state index in [4.69, 9.17) is 0 Å². The lowest BCUT2D eigenvalue weighted by molar-refractivity contribution is 0.160. The van der Waals surface area contributed by atoms with Crippen molar-refractivity contribution in [2.24, 2.45) is 5.92 Å². The highest BCUT2D eigenvalue weighted by Crippen LogP contribution is 2.18. The normalized spacial score (nSPS) is 19.5. The minimum atomic E-state index is 0.946. The molecule has 3 heteroatoms. The van der Waals surface area contributed by atoms with Crippen LogP contribution in [-0.4, -0.2) is 47.6 Å². The van der Waals surface area contributed by atoms with Crippen LogP contribution in [0.25, 0.3) is 0 Å². The van der Waals surface area contributed by atoms with Gasteiger partial charge >= 0.3 is 0 Å². The molecule has 0 aromatic carbocycles. The third-order valence-electron chi connectivity index (χ3n) is 3.56. The molecule has 0 aliphatic carbocycles. The molecule has 0 unspecified atom stereocenters. The molecule has 2 nitrogen and oxygen atoms in total. The Morgan fingerprint density at radius 2 is 1.94 bits per heavy atom. The number of halogens is 1. The molecule has 0 spiro atoms. The standard InChI is InChI=1S/C13H27IN2/c1-3-4-5-8-16-9-6-13(7-10-16)11-15(2)12-14/h13H,3-12H2,1-2H3. The van der Waals surface area contributed by atoms with Crippen molar-refractivity contribution in [1.29, 1.82) is 0 Å². The lowest BCUT2D eigenvalue weighted by Gasteiger charge is -2.33. The predicted molar refractivity (Wildman–Crippen MR) is 80.2 cm³/mol. The van der Waals surface area contributed by atoms with Crippen LogP contribution < -0.4 is 0 Å². The fourth-order valence-corrected chi connectivity index (χ4v) is 2.75. The molecule has 0 atom stereocenters. The number of rotatable bonds is 7. The zero-order valence-corrected chi connectivity index (χ0v) is 13.1. The molecule has 0 bridgehead atoms.